The third-order valence-corrected chi connectivity index (χ3v) is 6.08. The number of nitrogens with one attached hydrogen (secondary N) is 1. The number of nitrogens with zero attached hydrogens (tertiary/aromatic N) is 1. The molecule has 1 fully saturated rings. The fourth-order valence-corrected chi connectivity index (χ4v) is 4.69. The van der Waals surface area contributed by atoms with Crippen LogP contribution in [-0.2, 0) is 10.0 Å². The average molecular weight is 252 g/mol. The van der Waals surface area contributed by atoms with E-state index in [9.17, 15) is 8.42 Å². The van der Waals surface area contributed by atoms with Gasteiger partial charge in [-0.25, -0.2) is 8.42 Å². The molecule has 0 radical (unpaired) electrons. The number of rotatable bonds is 4. The lowest BCUT2D eigenvalue weighted by molar-refractivity contribution is 0.340. The zero-order chi connectivity index (χ0) is 11.5. The number of thioether (sulfide) groups is 1. The van der Waals surface area contributed by atoms with Crippen molar-refractivity contribution in [2.45, 2.75) is 25.1 Å². The van der Waals surface area contributed by atoms with Gasteiger partial charge in [0, 0.05) is 30.1 Å². The molecule has 1 saturated heterocycles. The summed E-state index contributed by atoms with van der Waals surface area (Å²) in [6.45, 7) is 5.26. The molecule has 90 valence electrons. The molecular formula is C9H20N2O2S2. The Bertz CT molecular complexity index is 292. The molecule has 0 bridgehead atoms. The van der Waals surface area contributed by atoms with Gasteiger partial charge in [-0.1, -0.05) is 6.92 Å². The molecule has 2 atom stereocenters. The first-order chi connectivity index (χ1) is 6.99. The van der Waals surface area contributed by atoms with Crippen molar-refractivity contribution in [3.8, 4) is 0 Å². The van der Waals surface area contributed by atoms with E-state index in [4.69, 9.17) is 0 Å². The molecule has 15 heavy (non-hydrogen) atoms. The Hall–Kier alpha value is 0.220. The van der Waals surface area contributed by atoms with Crippen LogP contribution in [0.1, 0.15) is 13.8 Å². The molecule has 1 N–H and O–H groups in total. The topological polar surface area (TPSA) is 49.4 Å². The van der Waals surface area contributed by atoms with E-state index in [0.717, 1.165) is 5.75 Å². The van der Waals surface area contributed by atoms with E-state index < -0.39 is 10.0 Å². The molecular weight excluding hydrogens is 232 g/mol. The van der Waals surface area contributed by atoms with Gasteiger partial charge < -0.3 is 5.32 Å². The first kappa shape index (κ1) is 13.3. The molecule has 0 spiro atoms. The second-order valence-corrected chi connectivity index (χ2v) is 7.37. The molecule has 2 unspecified atom stereocenters. The van der Waals surface area contributed by atoms with Crippen LogP contribution in [0.2, 0.25) is 0 Å². The predicted molar refractivity (Wildman–Crippen MR) is 65.8 cm³/mol. The summed E-state index contributed by atoms with van der Waals surface area (Å²) in [6, 6.07) is 0.116. The fourth-order valence-electron chi connectivity index (χ4n) is 1.65. The molecule has 0 aromatic heterocycles. The summed E-state index contributed by atoms with van der Waals surface area (Å²) in [7, 11) is -1.30. The van der Waals surface area contributed by atoms with Crippen LogP contribution in [0.5, 0.6) is 0 Å². The Morgan fingerprint density at radius 1 is 1.47 bits per heavy atom. The Labute approximate surface area is 96.8 Å². The van der Waals surface area contributed by atoms with E-state index in [0.29, 0.717) is 18.3 Å². The van der Waals surface area contributed by atoms with Crippen molar-refractivity contribution in [3.63, 3.8) is 0 Å². The van der Waals surface area contributed by atoms with Crippen LogP contribution < -0.4 is 5.32 Å². The normalized spacial score (nSPS) is 29.3. The van der Waals surface area contributed by atoms with Gasteiger partial charge in [-0.2, -0.15) is 16.1 Å². The molecule has 1 rings (SSSR count). The van der Waals surface area contributed by atoms with Gasteiger partial charge in [0.25, 0.3) is 0 Å². The van der Waals surface area contributed by atoms with Gasteiger partial charge in [0.15, 0.2) is 0 Å². The van der Waals surface area contributed by atoms with Crippen molar-refractivity contribution in [2.75, 3.05) is 31.6 Å². The summed E-state index contributed by atoms with van der Waals surface area (Å²) in [5, 5.41) is 3.27. The first-order valence-corrected chi connectivity index (χ1v) is 7.90. The van der Waals surface area contributed by atoms with Crippen LogP contribution in [0.25, 0.3) is 0 Å². The van der Waals surface area contributed by atoms with E-state index in [-0.39, 0.29) is 11.8 Å². The van der Waals surface area contributed by atoms with Gasteiger partial charge in [-0.3, -0.25) is 0 Å². The van der Waals surface area contributed by atoms with E-state index in [2.05, 4.69) is 12.2 Å². The van der Waals surface area contributed by atoms with Crippen molar-refractivity contribution in [2.24, 2.45) is 0 Å². The van der Waals surface area contributed by atoms with Crippen LogP contribution in [0.15, 0.2) is 0 Å². The maximum Gasteiger partial charge on any atom is 0.215 e. The third-order valence-electron chi connectivity index (χ3n) is 2.79. The summed E-state index contributed by atoms with van der Waals surface area (Å²) in [6.07, 6.45) is 0. The Morgan fingerprint density at radius 2 is 2.13 bits per heavy atom. The number of hydrogen-bond acceptors (Lipinski definition) is 4. The summed E-state index contributed by atoms with van der Waals surface area (Å²) in [5.41, 5.74) is 0. The molecule has 1 heterocycles. The van der Waals surface area contributed by atoms with Crippen LogP contribution in [0.3, 0.4) is 0 Å². The van der Waals surface area contributed by atoms with Gasteiger partial charge in [0.05, 0.1) is 5.75 Å². The quantitative estimate of drug-likeness (QED) is 0.785. The van der Waals surface area contributed by atoms with Crippen molar-refractivity contribution < 1.29 is 8.42 Å². The summed E-state index contributed by atoms with van der Waals surface area (Å²) >= 11 is 1.85. The highest BCUT2D eigenvalue weighted by atomic mass is 32.2. The lowest BCUT2D eigenvalue weighted by atomic mass is 10.2. The molecule has 0 aromatic carbocycles. The van der Waals surface area contributed by atoms with Crippen molar-refractivity contribution >= 4 is 21.8 Å². The lowest BCUT2D eigenvalue weighted by Gasteiger charge is -2.36. The minimum absolute atomic E-state index is 0.116. The summed E-state index contributed by atoms with van der Waals surface area (Å²) < 4.78 is 25.6. The van der Waals surface area contributed by atoms with E-state index in [1.807, 2.05) is 18.7 Å². The average Bonchev–Trinajstić information content (AvgIpc) is 2.19. The van der Waals surface area contributed by atoms with Crippen LogP contribution in [0.4, 0.5) is 0 Å². The Balaban J connectivity index is 2.68. The molecule has 0 aliphatic carbocycles. The van der Waals surface area contributed by atoms with Gasteiger partial charge in [-0.05, 0) is 14.0 Å². The fraction of sp³-hybridized carbons (Fsp3) is 1.00. The lowest BCUT2D eigenvalue weighted by Crippen LogP contribution is -2.49. The monoisotopic (exact) mass is 252 g/mol. The summed E-state index contributed by atoms with van der Waals surface area (Å²) in [5.74, 6) is 1.11. The number of hydrogen-bond donors (Lipinski definition) is 1. The van der Waals surface area contributed by atoms with Crippen molar-refractivity contribution in [1.82, 2.24) is 9.62 Å². The zero-order valence-electron chi connectivity index (χ0n) is 9.56. The zero-order valence-corrected chi connectivity index (χ0v) is 11.2. The smallest absolute Gasteiger partial charge is 0.215 e. The first-order valence-electron chi connectivity index (χ1n) is 5.24. The van der Waals surface area contributed by atoms with E-state index in [1.165, 1.54) is 0 Å². The third kappa shape index (κ3) is 3.34. The van der Waals surface area contributed by atoms with E-state index in [1.54, 1.807) is 11.4 Å². The molecule has 1 aliphatic rings. The highest BCUT2D eigenvalue weighted by Gasteiger charge is 2.33. The van der Waals surface area contributed by atoms with Gasteiger partial charge >= 0.3 is 0 Å². The summed E-state index contributed by atoms with van der Waals surface area (Å²) in [4.78, 5) is 0. The predicted octanol–water partition coefficient (Wildman–Crippen LogP) is 0.361. The Kier molecular flexibility index (Phi) is 4.89. The molecule has 4 nitrogen and oxygen atoms in total. The van der Waals surface area contributed by atoms with Gasteiger partial charge in [0.1, 0.15) is 0 Å². The molecule has 0 amide bonds. The van der Waals surface area contributed by atoms with Crippen molar-refractivity contribution in [1.29, 1.82) is 0 Å². The molecule has 0 saturated carbocycles. The second-order valence-electron chi connectivity index (χ2n) is 3.85. The SMILES string of the molecule is CNCCS(=O)(=O)N1CCSC(C)C1C. The van der Waals surface area contributed by atoms with Gasteiger partial charge in [-0.15, -0.1) is 0 Å². The van der Waals surface area contributed by atoms with Crippen LogP contribution >= 0.6 is 11.8 Å². The minimum Gasteiger partial charge on any atom is -0.319 e. The van der Waals surface area contributed by atoms with Crippen LogP contribution in [0, 0.1) is 0 Å². The molecule has 0 aromatic rings. The molecule has 1 aliphatic heterocycles. The van der Waals surface area contributed by atoms with Gasteiger partial charge in [0.2, 0.25) is 10.0 Å². The highest BCUT2D eigenvalue weighted by Crippen LogP contribution is 2.26. The Morgan fingerprint density at radius 3 is 2.73 bits per heavy atom. The van der Waals surface area contributed by atoms with Crippen LogP contribution in [-0.4, -0.2) is 55.7 Å². The molecule has 6 heteroatoms. The van der Waals surface area contributed by atoms with E-state index >= 15 is 0 Å². The second kappa shape index (κ2) is 5.52. The maximum absolute atomic E-state index is 12.0. The van der Waals surface area contributed by atoms with Crippen molar-refractivity contribution in [3.05, 3.63) is 0 Å². The maximum atomic E-state index is 12.0. The standard InChI is InChI=1S/C9H20N2O2S2/c1-8-9(2)14-6-5-11(8)15(12,13)7-4-10-3/h8-10H,4-7H2,1-3H3. The largest absolute Gasteiger partial charge is 0.319 e. The minimum atomic E-state index is -3.07. The highest BCUT2D eigenvalue weighted by molar-refractivity contribution is 8.00. The number of sulfonamides is 1.